The number of hydrogen-bond donors (Lipinski definition) is 2. The van der Waals surface area contributed by atoms with Gasteiger partial charge in [-0.1, -0.05) is 0 Å². The molecular formula is C22H22N8O. The fourth-order valence-electron chi connectivity index (χ4n) is 3.77. The summed E-state index contributed by atoms with van der Waals surface area (Å²) in [5.74, 6) is 1.44. The zero-order chi connectivity index (χ0) is 21.5. The molecule has 4 aromatic heterocycles. The lowest BCUT2D eigenvalue weighted by molar-refractivity contribution is 0.224. The molecule has 0 amide bonds. The van der Waals surface area contributed by atoms with Gasteiger partial charge in [0.1, 0.15) is 34.6 Å². The van der Waals surface area contributed by atoms with Gasteiger partial charge in [0.05, 0.1) is 16.7 Å². The first-order chi connectivity index (χ1) is 15.0. The zero-order valence-corrected chi connectivity index (χ0v) is 17.7. The molecular weight excluding hydrogens is 392 g/mol. The normalized spacial score (nSPS) is 12.4. The average Bonchev–Trinajstić information content (AvgIpc) is 3.34. The molecule has 0 radical (unpaired) electrons. The van der Waals surface area contributed by atoms with Gasteiger partial charge in [-0.05, 0) is 32.0 Å². The van der Waals surface area contributed by atoms with Gasteiger partial charge in [0, 0.05) is 49.7 Å². The molecule has 1 unspecified atom stereocenters. The van der Waals surface area contributed by atoms with Crippen LogP contribution in [0.2, 0.25) is 0 Å². The van der Waals surface area contributed by atoms with E-state index in [1.54, 1.807) is 17.1 Å². The Balaban J connectivity index is 1.53. The third kappa shape index (κ3) is 3.33. The number of nitrogens with one attached hydrogen (secondary N) is 2. The van der Waals surface area contributed by atoms with Crippen molar-refractivity contribution in [2.45, 2.75) is 20.0 Å². The molecule has 0 saturated carbocycles. The summed E-state index contributed by atoms with van der Waals surface area (Å²) < 4.78 is 8.08. The Morgan fingerprint density at radius 1 is 1.16 bits per heavy atom. The average molecular weight is 414 g/mol. The third-order valence-electron chi connectivity index (χ3n) is 5.24. The first kappa shape index (κ1) is 19.0. The van der Waals surface area contributed by atoms with E-state index in [0.717, 1.165) is 56.1 Å². The van der Waals surface area contributed by atoms with Crippen LogP contribution in [0.25, 0.3) is 33.2 Å². The molecule has 1 aromatic carbocycles. The summed E-state index contributed by atoms with van der Waals surface area (Å²) in [6.07, 6.45) is 4.98. The highest BCUT2D eigenvalue weighted by molar-refractivity contribution is 5.94. The van der Waals surface area contributed by atoms with Crippen molar-refractivity contribution in [1.29, 1.82) is 0 Å². The van der Waals surface area contributed by atoms with Crippen LogP contribution in [0.3, 0.4) is 0 Å². The van der Waals surface area contributed by atoms with Gasteiger partial charge < -0.3 is 10.1 Å². The molecule has 0 bridgehead atoms. The number of aromatic amines is 1. The van der Waals surface area contributed by atoms with Crippen molar-refractivity contribution in [2.24, 2.45) is 7.05 Å². The number of rotatable bonds is 5. The largest absolute Gasteiger partial charge is 0.484 e. The van der Waals surface area contributed by atoms with Crippen molar-refractivity contribution in [3.05, 3.63) is 54.2 Å². The molecule has 4 heterocycles. The SMILES string of the molecule is CNc1cc2nccnc2c(C(C)Oc2ccc3[nH]nc(-c4cn(C)nc4C)c3c2)n1. The molecule has 5 rings (SSSR count). The van der Waals surface area contributed by atoms with E-state index in [2.05, 4.69) is 35.6 Å². The number of hydrogen-bond acceptors (Lipinski definition) is 7. The van der Waals surface area contributed by atoms with E-state index in [4.69, 9.17) is 4.74 Å². The Bertz CT molecular complexity index is 1400. The zero-order valence-electron chi connectivity index (χ0n) is 17.7. The minimum Gasteiger partial charge on any atom is -0.484 e. The summed E-state index contributed by atoms with van der Waals surface area (Å²) in [5.41, 5.74) is 5.93. The Hall–Kier alpha value is -4.01. The first-order valence-electron chi connectivity index (χ1n) is 9.98. The van der Waals surface area contributed by atoms with E-state index in [1.165, 1.54) is 0 Å². The number of ether oxygens (including phenoxy) is 1. The number of anilines is 1. The van der Waals surface area contributed by atoms with Crippen LogP contribution in [0.4, 0.5) is 5.82 Å². The summed E-state index contributed by atoms with van der Waals surface area (Å²) >= 11 is 0. The molecule has 0 aliphatic rings. The quantitative estimate of drug-likeness (QED) is 0.451. The standard InChI is InChI=1S/C22H22N8O/c1-12-16(11-30(4)29-12)21-15-9-14(5-6-17(15)27-28-21)31-13(2)20-22-18(24-7-8-25-22)10-19(23-3)26-20/h5-11,13H,1-4H3,(H,23,26)(H,27,28). The summed E-state index contributed by atoms with van der Waals surface area (Å²) in [7, 11) is 3.73. The van der Waals surface area contributed by atoms with Crippen LogP contribution in [0, 0.1) is 6.92 Å². The van der Waals surface area contributed by atoms with E-state index in [0.29, 0.717) is 0 Å². The number of aryl methyl sites for hydroxylation is 2. The summed E-state index contributed by atoms with van der Waals surface area (Å²) in [6.45, 7) is 3.94. The van der Waals surface area contributed by atoms with Crippen LogP contribution >= 0.6 is 0 Å². The molecule has 0 aliphatic heterocycles. The molecule has 156 valence electrons. The third-order valence-corrected chi connectivity index (χ3v) is 5.24. The van der Waals surface area contributed by atoms with Gasteiger partial charge in [-0.2, -0.15) is 10.2 Å². The molecule has 1 atom stereocenters. The van der Waals surface area contributed by atoms with Crippen molar-refractivity contribution in [1.82, 2.24) is 34.9 Å². The van der Waals surface area contributed by atoms with E-state index in [1.807, 2.05) is 58.4 Å². The van der Waals surface area contributed by atoms with Crippen LogP contribution in [-0.2, 0) is 7.05 Å². The lowest BCUT2D eigenvalue weighted by atomic mass is 10.1. The summed E-state index contributed by atoms with van der Waals surface area (Å²) in [5, 5.41) is 16.1. The Morgan fingerprint density at radius 3 is 2.77 bits per heavy atom. The number of H-pyrrole nitrogens is 1. The Labute approximate surface area is 178 Å². The second-order valence-electron chi connectivity index (χ2n) is 7.41. The molecule has 0 saturated heterocycles. The van der Waals surface area contributed by atoms with Gasteiger partial charge in [-0.25, -0.2) is 4.98 Å². The lowest BCUT2D eigenvalue weighted by Crippen LogP contribution is -2.09. The number of pyridine rings is 1. The molecule has 2 N–H and O–H groups in total. The molecule has 9 heteroatoms. The van der Waals surface area contributed by atoms with Gasteiger partial charge in [-0.15, -0.1) is 0 Å². The fourth-order valence-corrected chi connectivity index (χ4v) is 3.77. The molecule has 9 nitrogen and oxygen atoms in total. The smallest absolute Gasteiger partial charge is 0.140 e. The van der Waals surface area contributed by atoms with Crippen LogP contribution < -0.4 is 10.1 Å². The van der Waals surface area contributed by atoms with E-state index in [9.17, 15) is 0 Å². The predicted molar refractivity (Wildman–Crippen MR) is 119 cm³/mol. The van der Waals surface area contributed by atoms with Gasteiger partial charge in [-0.3, -0.25) is 19.7 Å². The van der Waals surface area contributed by atoms with Gasteiger partial charge >= 0.3 is 0 Å². The highest BCUT2D eigenvalue weighted by Crippen LogP contribution is 2.33. The van der Waals surface area contributed by atoms with Crippen molar-refractivity contribution < 1.29 is 4.74 Å². The lowest BCUT2D eigenvalue weighted by Gasteiger charge is -2.16. The van der Waals surface area contributed by atoms with Gasteiger partial charge in [0.25, 0.3) is 0 Å². The van der Waals surface area contributed by atoms with Crippen LogP contribution in [0.5, 0.6) is 5.75 Å². The fraction of sp³-hybridized carbons (Fsp3) is 0.227. The number of aromatic nitrogens is 7. The van der Waals surface area contributed by atoms with Crippen molar-refractivity contribution >= 4 is 27.8 Å². The number of fused-ring (bicyclic) bond motifs is 2. The number of nitrogens with zero attached hydrogens (tertiary/aromatic N) is 6. The highest BCUT2D eigenvalue weighted by atomic mass is 16.5. The number of benzene rings is 1. The highest BCUT2D eigenvalue weighted by Gasteiger charge is 2.18. The molecule has 0 fully saturated rings. The van der Waals surface area contributed by atoms with Crippen molar-refractivity contribution in [3.8, 4) is 17.0 Å². The Morgan fingerprint density at radius 2 is 2.00 bits per heavy atom. The summed E-state index contributed by atoms with van der Waals surface area (Å²) in [4.78, 5) is 13.6. The maximum absolute atomic E-state index is 6.29. The maximum atomic E-state index is 6.29. The Kier molecular flexibility index (Phi) is 4.50. The van der Waals surface area contributed by atoms with Crippen molar-refractivity contribution in [2.75, 3.05) is 12.4 Å². The minimum absolute atomic E-state index is 0.333. The second-order valence-corrected chi connectivity index (χ2v) is 7.41. The second kappa shape index (κ2) is 7.35. The monoisotopic (exact) mass is 414 g/mol. The van der Waals surface area contributed by atoms with Gasteiger partial charge in [0.2, 0.25) is 0 Å². The molecule has 31 heavy (non-hydrogen) atoms. The van der Waals surface area contributed by atoms with E-state index >= 15 is 0 Å². The van der Waals surface area contributed by atoms with Crippen LogP contribution in [-0.4, -0.2) is 42.0 Å². The molecule has 0 spiro atoms. The van der Waals surface area contributed by atoms with Crippen LogP contribution in [0.1, 0.15) is 24.4 Å². The maximum Gasteiger partial charge on any atom is 0.140 e. The van der Waals surface area contributed by atoms with E-state index in [-0.39, 0.29) is 6.10 Å². The van der Waals surface area contributed by atoms with Crippen molar-refractivity contribution in [3.63, 3.8) is 0 Å². The first-order valence-corrected chi connectivity index (χ1v) is 9.98. The topological polar surface area (TPSA) is 106 Å². The molecule has 0 aliphatic carbocycles. The van der Waals surface area contributed by atoms with E-state index < -0.39 is 0 Å². The molecule has 5 aromatic rings. The predicted octanol–water partition coefficient (Wildman–Crippen LogP) is 3.79. The van der Waals surface area contributed by atoms with Gasteiger partial charge in [0.15, 0.2) is 0 Å². The van der Waals surface area contributed by atoms with Crippen LogP contribution in [0.15, 0.2) is 42.9 Å². The summed E-state index contributed by atoms with van der Waals surface area (Å²) in [6, 6.07) is 7.76. The minimum atomic E-state index is -0.333.